The van der Waals surface area contributed by atoms with Gasteiger partial charge in [-0.25, -0.2) is 14.0 Å². The first-order valence-corrected chi connectivity index (χ1v) is 11.6. The highest BCUT2D eigenvalue weighted by atomic mass is 32.2. The number of rotatable bonds is 7. The van der Waals surface area contributed by atoms with Crippen molar-refractivity contribution in [3.8, 4) is 0 Å². The number of carbonyl (C=O) groups is 1. The molecule has 0 aliphatic heterocycles. The first-order valence-electron chi connectivity index (χ1n) is 9.72. The van der Waals surface area contributed by atoms with E-state index < -0.39 is 15.8 Å². The van der Waals surface area contributed by atoms with Gasteiger partial charge in [-0.3, -0.25) is 0 Å². The molecule has 2 aromatic rings. The van der Waals surface area contributed by atoms with Crippen LogP contribution in [0.2, 0.25) is 0 Å². The Labute approximate surface area is 178 Å². The van der Waals surface area contributed by atoms with E-state index in [-0.39, 0.29) is 19.3 Å². The summed E-state index contributed by atoms with van der Waals surface area (Å²) in [5, 5.41) is 15.4. The van der Waals surface area contributed by atoms with Crippen LogP contribution in [0.4, 0.5) is 22.2 Å². The fourth-order valence-corrected chi connectivity index (χ4v) is 3.28. The summed E-state index contributed by atoms with van der Waals surface area (Å²) in [5.41, 5.74) is 1.53. The molecule has 0 bridgehead atoms. The molecule has 2 rings (SSSR count). The molecule has 2 atom stereocenters. The second-order valence-corrected chi connectivity index (χ2v) is 8.45. The number of nitrogens with zero attached hydrogens (tertiary/aromatic N) is 3. The van der Waals surface area contributed by atoms with Crippen molar-refractivity contribution in [2.24, 2.45) is 4.36 Å². The van der Waals surface area contributed by atoms with Gasteiger partial charge in [0.05, 0.1) is 22.9 Å². The maximum atomic E-state index is 12.6. The van der Waals surface area contributed by atoms with Gasteiger partial charge in [-0.05, 0) is 45.0 Å². The number of aromatic nitrogens is 2. The fourth-order valence-electron chi connectivity index (χ4n) is 2.19. The summed E-state index contributed by atoms with van der Waals surface area (Å²) in [6, 6.07) is 6.50. The van der Waals surface area contributed by atoms with Crippen LogP contribution in [0.5, 0.6) is 0 Å². The van der Waals surface area contributed by atoms with Gasteiger partial charge in [-0.15, -0.1) is 4.36 Å². The van der Waals surface area contributed by atoms with Gasteiger partial charge in [0.2, 0.25) is 5.95 Å². The summed E-state index contributed by atoms with van der Waals surface area (Å²) in [7, 11) is -2.89. The fraction of sp³-hybridized carbons (Fsp3) is 0.450. The van der Waals surface area contributed by atoms with Crippen molar-refractivity contribution in [2.45, 2.75) is 45.6 Å². The van der Waals surface area contributed by atoms with E-state index in [0.717, 1.165) is 5.56 Å². The van der Waals surface area contributed by atoms with Crippen molar-refractivity contribution in [3.05, 3.63) is 36.0 Å². The van der Waals surface area contributed by atoms with Crippen LogP contribution < -0.4 is 10.6 Å². The number of anilines is 3. The van der Waals surface area contributed by atoms with Crippen LogP contribution in [0.3, 0.4) is 0 Å². The number of aryl methyl sites for hydroxylation is 1. The molecule has 9 nitrogen and oxygen atoms in total. The van der Waals surface area contributed by atoms with Crippen molar-refractivity contribution in [1.29, 1.82) is 0 Å². The van der Waals surface area contributed by atoms with Crippen molar-refractivity contribution in [2.75, 3.05) is 30.1 Å². The minimum absolute atomic E-state index is 0.0131. The Morgan fingerprint density at radius 2 is 1.93 bits per heavy atom. The molecule has 0 radical (unpaired) electrons. The van der Waals surface area contributed by atoms with E-state index in [1.165, 1.54) is 6.26 Å². The summed E-state index contributed by atoms with van der Waals surface area (Å²) < 4.78 is 21.0. The number of hydrogen-bond acceptors (Lipinski definition) is 8. The van der Waals surface area contributed by atoms with Crippen molar-refractivity contribution < 1.29 is 18.8 Å². The summed E-state index contributed by atoms with van der Waals surface area (Å²) in [4.78, 5) is 20.5. The second-order valence-electron chi connectivity index (χ2n) is 6.20. The molecular weight excluding hydrogens is 406 g/mol. The average molecular weight is 438 g/mol. The number of aliphatic hydroxyl groups is 1. The largest absolute Gasteiger partial charge is 0.448 e. The molecule has 10 heteroatoms. The topological polar surface area (TPSA) is 126 Å². The van der Waals surface area contributed by atoms with Gasteiger partial charge < -0.3 is 20.5 Å². The number of aliphatic hydroxyl groups excluding tert-OH is 1. The number of benzene rings is 1. The first kappa shape index (κ1) is 25.3. The van der Waals surface area contributed by atoms with E-state index >= 15 is 0 Å². The molecule has 0 saturated heterocycles. The van der Waals surface area contributed by atoms with E-state index in [4.69, 9.17) is 4.74 Å². The Bertz CT molecular complexity index is 941. The van der Waals surface area contributed by atoms with E-state index in [9.17, 15) is 14.1 Å². The summed E-state index contributed by atoms with van der Waals surface area (Å²) in [5.74, 6) is 1.000. The lowest BCUT2D eigenvalue weighted by Crippen LogP contribution is -2.21. The number of carbonyl (C=O) groups excluding carboxylic acids is 1. The molecular formula is C20H31N5O4S. The molecule has 1 unspecified atom stereocenters. The van der Waals surface area contributed by atoms with Crippen LogP contribution in [0, 0.1) is 6.92 Å². The number of hydrogen-bond donors (Lipinski definition) is 3. The quantitative estimate of drug-likeness (QED) is 0.594. The first-order chi connectivity index (χ1) is 14.2. The lowest BCUT2D eigenvalue weighted by atomic mass is 10.3. The van der Waals surface area contributed by atoms with Gasteiger partial charge in [0.1, 0.15) is 5.82 Å². The number of amides is 1. The van der Waals surface area contributed by atoms with E-state index in [2.05, 4.69) is 25.0 Å². The predicted molar refractivity (Wildman–Crippen MR) is 120 cm³/mol. The molecule has 1 amide bonds. The second kappa shape index (κ2) is 12.1. The highest BCUT2D eigenvalue weighted by Gasteiger charge is 2.11. The van der Waals surface area contributed by atoms with Crippen molar-refractivity contribution in [3.63, 3.8) is 0 Å². The van der Waals surface area contributed by atoms with Crippen molar-refractivity contribution in [1.82, 2.24) is 9.97 Å². The van der Waals surface area contributed by atoms with Gasteiger partial charge in [0.15, 0.2) is 0 Å². The standard InChI is InChI=1S/C18H25N5O4S.C2H6/c1-5-27-18(25)23-28(4,26)15-8-6-14(7-9-15)21-17-19-10-12(2)16(22-17)20-13(3)11-24;1-2/h6-10,13,24H,5,11H2,1-4H3,(H2,19,20,21,22);1-2H3/t13-,28?;/m1./s1. The van der Waals surface area contributed by atoms with Crippen LogP contribution in [0.25, 0.3) is 0 Å². The van der Waals surface area contributed by atoms with Gasteiger partial charge >= 0.3 is 6.09 Å². The highest BCUT2D eigenvalue weighted by Crippen LogP contribution is 2.20. The Kier molecular flexibility index (Phi) is 10.2. The van der Waals surface area contributed by atoms with Gasteiger partial charge in [0, 0.05) is 34.6 Å². The SMILES string of the molecule is CC.CCOC(=O)N=S(C)(=O)c1ccc(Nc2ncc(C)c(N[C@H](C)CO)n2)cc1. The van der Waals surface area contributed by atoms with Crippen LogP contribution in [-0.2, 0) is 14.5 Å². The molecule has 0 fully saturated rings. The zero-order valence-electron chi connectivity index (χ0n) is 18.3. The third-order valence-corrected chi connectivity index (χ3v) is 5.34. The Balaban J connectivity index is 0.00000218. The van der Waals surface area contributed by atoms with Crippen molar-refractivity contribution >= 4 is 33.3 Å². The highest BCUT2D eigenvalue weighted by molar-refractivity contribution is 7.93. The number of ether oxygens (including phenoxy) is 1. The lowest BCUT2D eigenvalue weighted by Gasteiger charge is -2.14. The van der Waals surface area contributed by atoms with E-state index in [0.29, 0.717) is 22.3 Å². The Hall–Kier alpha value is -2.72. The zero-order chi connectivity index (χ0) is 22.7. The normalized spacial score (nSPS) is 13.2. The van der Waals surface area contributed by atoms with E-state index in [1.54, 1.807) is 37.4 Å². The van der Waals surface area contributed by atoms with Gasteiger partial charge in [-0.2, -0.15) is 4.98 Å². The maximum Gasteiger partial charge on any atom is 0.442 e. The average Bonchev–Trinajstić information content (AvgIpc) is 2.72. The molecule has 0 aliphatic rings. The Morgan fingerprint density at radius 3 is 2.50 bits per heavy atom. The number of nitrogens with one attached hydrogen (secondary N) is 2. The van der Waals surface area contributed by atoms with Gasteiger partial charge in [0.25, 0.3) is 0 Å². The van der Waals surface area contributed by atoms with Crippen LogP contribution in [-0.4, -0.2) is 50.9 Å². The van der Waals surface area contributed by atoms with Crippen LogP contribution in [0.1, 0.15) is 33.3 Å². The van der Waals surface area contributed by atoms with Crippen LogP contribution >= 0.6 is 0 Å². The summed E-state index contributed by atoms with van der Waals surface area (Å²) in [6.07, 6.45) is 2.21. The minimum Gasteiger partial charge on any atom is -0.448 e. The van der Waals surface area contributed by atoms with Crippen LogP contribution in [0.15, 0.2) is 39.7 Å². The Morgan fingerprint density at radius 1 is 1.30 bits per heavy atom. The summed E-state index contributed by atoms with van der Waals surface area (Å²) in [6.45, 7) is 9.53. The molecule has 0 spiro atoms. The molecule has 3 N–H and O–H groups in total. The predicted octanol–water partition coefficient (Wildman–Crippen LogP) is 3.96. The van der Waals surface area contributed by atoms with E-state index in [1.807, 2.05) is 27.7 Å². The lowest BCUT2D eigenvalue weighted by molar-refractivity contribution is 0.164. The van der Waals surface area contributed by atoms with Gasteiger partial charge in [-0.1, -0.05) is 13.8 Å². The molecule has 0 aliphatic carbocycles. The maximum absolute atomic E-state index is 12.6. The summed E-state index contributed by atoms with van der Waals surface area (Å²) >= 11 is 0. The zero-order valence-corrected chi connectivity index (χ0v) is 19.1. The smallest absolute Gasteiger partial charge is 0.442 e. The molecule has 1 aromatic carbocycles. The minimum atomic E-state index is -2.89. The third kappa shape index (κ3) is 7.60. The monoisotopic (exact) mass is 437 g/mol. The molecule has 0 saturated carbocycles. The molecule has 30 heavy (non-hydrogen) atoms. The third-order valence-electron chi connectivity index (χ3n) is 3.69. The molecule has 1 aromatic heterocycles. The molecule has 166 valence electrons. The molecule has 1 heterocycles.